The smallest absolute Gasteiger partial charge is 0.254 e. The van der Waals surface area contributed by atoms with Crippen LogP contribution >= 0.6 is 11.6 Å². The third-order valence-corrected chi connectivity index (χ3v) is 1.83. The van der Waals surface area contributed by atoms with E-state index in [2.05, 4.69) is 5.10 Å². The second-order valence-electron chi connectivity index (χ2n) is 2.40. The Balaban J connectivity index is 2.68. The van der Waals surface area contributed by atoms with E-state index in [0.717, 1.165) is 5.52 Å². The van der Waals surface area contributed by atoms with Crippen molar-refractivity contribution in [2.45, 2.75) is 0 Å². The van der Waals surface area contributed by atoms with Gasteiger partial charge in [0.15, 0.2) is 0 Å². The van der Waals surface area contributed by atoms with Crippen molar-refractivity contribution >= 4 is 22.4 Å². The van der Waals surface area contributed by atoms with E-state index in [-0.39, 0.29) is 0 Å². The molecule has 0 radical (unpaired) electrons. The molecule has 0 atom stereocenters. The summed E-state index contributed by atoms with van der Waals surface area (Å²) in [5.41, 5.74) is 1.28. The molecule has 0 aliphatic heterocycles. The minimum atomic E-state index is -0.480. The highest BCUT2D eigenvalue weighted by Gasteiger charge is 2.02. The van der Waals surface area contributed by atoms with Gasteiger partial charge in [0.25, 0.3) is 5.24 Å². The predicted octanol–water partition coefficient (Wildman–Crippen LogP) is 1.71. The van der Waals surface area contributed by atoms with Gasteiger partial charge < -0.3 is 0 Å². The highest BCUT2D eigenvalue weighted by atomic mass is 35.5. The molecule has 2 aromatic heterocycles. The Hall–Kier alpha value is -1.35. The SMILES string of the molecule is O=C(Cl)c1cnn2cccc2c1. The maximum Gasteiger partial charge on any atom is 0.254 e. The second kappa shape index (κ2) is 2.60. The Kier molecular flexibility index (Phi) is 1.59. The molecule has 0 unspecified atom stereocenters. The van der Waals surface area contributed by atoms with Gasteiger partial charge in [-0.2, -0.15) is 5.10 Å². The lowest BCUT2D eigenvalue weighted by molar-refractivity contribution is 0.108. The number of carbonyl (C=O) groups is 1. The van der Waals surface area contributed by atoms with Crippen LogP contribution in [0.5, 0.6) is 0 Å². The highest BCUT2D eigenvalue weighted by molar-refractivity contribution is 6.67. The molecule has 60 valence electrons. The van der Waals surface area contributed by atoms with E-state index < -0.39 is 5.24 Å². The molecule has 0 saturated heterocycles. The fourth-order valence-corrected chi connectivity index (χ4v) is 1.14. The molecule has 2 aromatic rings. The third-order valence-electron chi connectivity index (χ3n) is 1.61. The molecule has 0 aliphatic carbocycles. The predicted molar refractivity (Wildman–Crippen MR) is 45.4 cm³/mol. The van der Waals surface area contributed by atoms with Crippen LogP contribution in [0.4, 0.5) is 0 Å². The average Bonchev–Trinajstić information content (AvgIpc) is 2.49. The molecule has 2 rings (SSSR count). The maximum absolute atomic E-state index is 10.7. The van der Waals surface area contributed by atoms with Gasteiger partial charge in [0.05, 0.1) is 17.3 Å². The van der Waals surface area contributed by atoms with Gasteiger partial charge in [0, 0.05) is 6.20 Å². The number of hydrogen-bond acceptors (Lipinski definition) is 2. The van der Waals surface area contributed by atoms with Crippen molar-refractivity contribution in [2.75, 3.05) is 0 Å². The Morgan fingerprint density at radius 1 is 1.58 bits per heavy atom. The number of aromatic nitrogens is 2. The van der Waals surface area contributed by atoms with Gasteiger partial charge in [0.1, 0.15) is 0 Å². The van der Waals surface area contributed by atoms with Crippen LogP contribution in [-0.4, -0.2) is 14.9 Å². The van der Waals surface area contributed by atoms with Crippen LogP contribution in [0.2, 0.25) is 0 Å². The van der Waals surface area contributed by atoms with E-state index in [1.54, 1.807) is 16.8 Å². The van der Waals surface area contributed by atoms with E-state index in [1.807, 2.05) is 12.1 Å². The monoisotopic (exact) mass is 180 g/mol. The third kappa shape index (κ3) is 1.08. The number of carbonyl (C=O) groups excluding carboxylic acids is 1. The van der Waals surface area contributed by atoms with Gasteiger partial charge in [-0.25, -0.2) is 4.52 Å². The summed E-state index contributed by atoms with van der Waals surface area (Å²) in [5, 5.41) is 3.49. The summed E-state index contributed by atoms with van der Waals surface area (Å²) in [5.74, 6) is 0. The summed E-state index contributed by atoms with van der Waals surface area (Å²) in [6, 6.07) is 5.41. The van der Waals surface area contributed by atoms with Crippen LogP contribution in [-0.2, 0) is 0 Å². The molecule has 0 aliphatic rings. The van der Waals surface area contributed by atoms with Crippen molar-refractivity contribution in [2.24, 2.45) is 0 Å². The zero-order valence-electron chi connectivity index (χ0n) is 6.07. The molecule has 0 spiro atoms. The second-order valence-corrected chi connectivity index (χ2v) is 2.74. The van der Waals surface area contributed by atoms with Crippen molar-refractivity contribution in [1.82, 2.24) is 9.61 Å². The van der Waals surface area contributed by atoms with Gasteiger partial charge in [-0.1, -0.05) is 0 Å². The van der Waals surface area contributed by atoms with Crippen LogP contribution < -0.4 is 0 Å². The van der Waals surface area contributed by atoms with Crippen molar-refractivity contribution in [3.05, 3.63) is 36.2 Å². The van der Waals surface area contributed by atoms with Crippen molar-refractivity contribution in [3.8, 4) is 0 Å². The fourth-order valence-electron chi connectivity index (χ4n) is 1.03. The number of hydrogen-bond donors (Lipinski definition) is 0. The maximum atomic E-state index is 10.7. The molecule has 0 bridgehead atoms. The molecule has 4 heteroatoms. The van der Waals surface area contributed by atoms with Crippen molar-refractivity contribution < 1.29 is 4.79 Å². The van der Waals surface area contributed by atoms with Crippen LogP contribution in [0.1, 0.15) is 10.4 Å². The molecule has 0 fully saturated rings. The summed E-state index contributed by atoms with van der Waals surface area (Å²) in [4.78, 5) is 10.7. The fraction of sp³-hybridized carbons (Fsp3) is 0. The van der Waals surface area contributed by atoms with Crippen LogP contribution in [0.25, 0.3) is 5.52 Å². The summed E-state index contributed by atoms with van der Waals surface area (Å²) in [6.45, 7) is 0. The molecule has 0 amide bonds. The van der Waals surface area contributed by atoms with Crippen LogP contribution in [0.3, 0.4) is 0 Å². The van der Waals surface area contributed by atoms with Crippen molar-refractivity contribution in [3.63, 3.8) is 0 Å². The van der Waals surface area contributed by atoms with Crippen molar-refractivity contribution in [1.29, 1.82) is 0 Å². The molecule has 0 saturated carbocycles. The first-order valence-electron chi connectivity index (χ1n) is 3.40. The first-order valence-corrected chi connectivity index (χ1v) is 3.78. The molecule has 0 N–H and O–H groups in total. The first-order chi connectivity index (χ1) is 5.77. The minimum Gasteiger partial charge on any atom is -0.276 e. The summed E-state index contributed by atoms with van der Waals surface area (Å²) < 4.78 is 1.67. The largest absolute Gasteiger partial charge is 0.276 e. The summed E-state index contributed by atoms with van der Waals surface area (Å²) in [7, 11) is 0. The normalized spacial score (nSPS) is 10.4. The quantitative estimate of drug-likeness (QED) is 0.627. The molecule has 0 aromatic carbocycles. The van der Waals surface area contributed by atoms with E-state index in [0.29, 0.717) is 5.56 Å². The topological polar surface area (TPSA) is 34.4 Å². The van der Waals surface area contributed by atoms with E-state index >= 15 is 0 Å². The van der Waals surface area contributed by atoms with Gasteiger partial charge in [0.2, 0.25) is 0 Å². The number of rotatable bonds is 1. The summed E-state index contributed by atoms with van der Waals surface area (Å²) >= 11 is 5.28. The number of fused-ring (bicyclic) bond motifs is 1. The van der Waals surface area contributed by atoms with Crippen LogP contribution in [0, 0.1) is 0 Å². The highest BCUT2D eigenvalue weighted by Crippen LogP contribution is 2.07. The Labute approximate surface area is 73.6 Å². The zero-order chi connectivity index (χ0) is 8.55. The number of nitrogens with zero attached hydrogens (tertiary/aromatic N) is 2. The summed E-state index contributed by atoms with van der Waals surface area (Å²) in [6.07, 6.45) is 3.25. The van der Waals surface area contributed by atoms with Gasteiger partial charge in [-0.05, 0) is 29.8 Å². The molecular weight excluding hydrogens is 176 g/mol. The molecule has 2 heterocycles. The van der Waals surface area contributed by atoms with Gasteiger partial charge >= 0.3 is 0 Å². The zero-order valence-corrected chi connectivity index (χ0v) is 6.82. The lowest BCUT2D eigenvalue weighted by Crippen LogP contribution is -1.94. The Bertz CT molecular complexity index is 435. The standard InChI is InChI=1S/C8H5ClN2O/c9-8(12)6-4-7-2-1-3-11(7)10-5-6/h1-5H. The first kappa shape index (κ1) is 7.31. The Morgan fingerprint density at radius 3 is 3.17 bits per heavy atom. The van der Waals surface area contributed by atoms with Gasteiger partial charge in [-0.3, -0.25) is 4.79 Å². The Morgan fingerprint density at radius 2 is 2.42 bits per heavy atom. The lowest BCUT2D eigenvalue weighted by Gasteiger charge is -1.94. The molecule has 12 heavy (non-hydrogen) atoms. The molecular formula is C8H5ClN2O. The lowest BCUT2D eigenvalue weighted by atomic mass is 10.3. The number of halogens is 1. The van der Waals surface area contributed by atoms with Crippen LogP contribution in [0.15, 0.2) is 30.6 Å². The van der Waals surface area contributed by atoms with E-state index in [9.17, 15) is 4.79 Å². The molecule has 3 nitrogen and oxygen atoms in total. The minimum absolute atomic E-state index is 0.419. The van der Waals surface area contributed by atoms with E-state index in [4.69, 9.17) is 11.6 Å². The van der Waals surface area contributed by atoms with E-state index in [1.165, 1.54) is 6.20 Å². The average molecular weight is 181 g/mol. The van der Waals surface area contributed by atoms with Gasteiger partial charge in [-0.15, -0.1) is 0 Å².